The number of thiophene rings is 1. The third kappa shape index (κ3) is 4.29. The van der Waals surface area contributed by atoms with Crippen LogP contribution in [0.2, 0.25) is 0 Å². The lowest BCUT2D eigenvalue weighted by atomic mass is 10.1. The normalized spacial score (nSPS) is 11.0. The molecule has 3 heterocycles. The maximum absolute atomic E-state index is 13.3. The van der Waals surface area contributed by atoms with E-state index in [1.807, 2.05) is 42.5 Å². The molecule has 0 bridgehead atoms. The van der Waals surface area contributed by atoms with Crippen LogP contribution in [0.25, 0.3) is 31.7 Å². The summed E-state index contributed by atoms with van der Waals surface area (Å²) in [5.41, 5.74) is 2.99. The van der Waals surface area contributed by atoms with Gasteiger partial charge in [0, 0.05) is 16.6 Å². The lowest BCUT2D eigenvalue weighted by Crippen LogP contribution is -2.29. The average molecular weight is 485 g/mol. The van der Waals surface area contributed by atoms with Crippen LogP contribution in [-0.4, -0.2) is 33.5 Å². The molecular formula is C26H20N4O4S. The van der Waals surface area contributed by atoms with Crippen LogP contribution in [-0.2, 0) is 16.1 Å². The largest absolute Gasteiger partial charge is 0.465 e. The molecule has 174 valence electrons. The summed E-state index contributed by atoms with van der Waals surface area (Å²) in [4.78, 5) is 47.6. The van der Waals surface area contributed by atoms with Gasteiger partial charge in [0.1, 0.15) is 21.9 Å². The molecule has 3 aromatic heterocycles. The lowest BCUT2D eigenvalue weighted by molar-refractivity contribution is -0.116. The number of benzene rings is 2. The van der Waals surface area contributed by atoms with Gasteiger partial charge in [0.15, 0.2) is 0 Å². The van der Waals surface area contributed by atoms with Gasteiger partial charge in [-0.15, -0.1) is 11.3 Å². The summed E-state index contributed by atoms with van der Waals surface area (Å²) in [6, 6.07) is 20.0. The summed E-state index contributed by atoms with van der Waals surface area (Å²) in [6.45, 7) is 1.51. The van der Waals surface area contributed by atoms with E-state index in [0.29, 0.717) is 27.3 Å². The van der Waals surface area contributed by atoms with Gasteiger partial charge in [-0.1, -0.05) is 30.3 Å². The summed E-state index contributed by atoms with van der Waals surface area (Å²) in [6.07, 6.45) is 0. The SMILES string of the molecule is COC(=O)c1ccc(NC(=O)Cn2c(C)nc3c(sc4nc(-c5ccccc5)ccc43)c2=O)cc1. The Bertz CT molecular complexity index is 1640. The number of fused-ring (bicyclic) bond motifs is 3. The molecule has 0 unspecified atom stereocenters. The molecule has 0 spiro atoms. The molecule has 0 saturated carbocycles. The zero-order chi connectivity index (χ0) is 24.5. The van der Waals surface area contributed by atoms with Gasteiger partial charge < -0.3 is 10.1 Å². The molecule has 0 atom stereocenters. The minimum Gasteiger partial charge on any atom is -0.465 e. The Morgan fingerprint density at radius 3 is 2.46 bits per heavy atom. The van der Waals surface area contributed by atoms with Gasteiger partial charge in [0.2, 0.25) is 5.91 Å². The maximum atomic E-state index is 13.3. The quantitative estimate of drug-likeness (QED) is 0.371. The van der Waals surface area contributed by atoms with E-state index >= 15 is 0 Å². The Kier molecular flexibility index (Phi) is 5.84. The molecule has 0 aliphatic rings. The van der Waals surface area contributed by atoms with E-state index < -0.39 is 5.97 Å². The number of aromatic nitrogens is 3. The van der Waals surface area contributed by atoms with Crippen molar-refractivity contribution in [2.75, 3.05) is 12.4 Å². The summed E-state index contributed by atoms with van der Waals surface area (Å²) >= 11 is 1.28. The predicted octanol–water partition coefficient (Wildman–Crippen LogP) is 4.41. The fourth-order valence-electron chi connectivity index (χ4n) is 3.82. The minimum atomic E-state index is -0.460. The number of rotatable bonds is 5. The van der Waals surface area contributed by atoms with E-state index in [1.54, 1.807) is 31.2 Å². The van der Waals surface area contributed by atoms with Crippen LogP contribution < -0.4 is 10.9 Å². The summed E-state index contributed by atoms with van der Waals surface area (Å²) < 4.78 is 6.49. The molecule has 8 nitrogen and oxygen atoms in total. The number of hydrogen-bond acceptors (Lipinski definition) is 7. The van der Waals surface area contributed by atoms with Gasteiger partial charge in [-0.3, -0.25) is 14.2 Å². The first-order valence-corrected chi connectivity index (χ1v) is 11.6. The first-order valence-electron chi connectivity index (χ1n) is 10.8. The summed E-state index contributed by atoms with van der Waals surface area (Å²) in [7, 11) is 1.30. The number of carbonyl (C=O) groups excluding carboxylic acids is 2. The highest BCUT2D eigenvalue weighted by Gasteiger charge is 2.17. The molecule has 0 radical (unpaired) electrons. The second kappa shape index (κ2) is 9.11. The van der Waals surface area contributed by atoms with E-state index in [0.717, 1.165) is 21.5 Å². The van der Waals surface area contributed by atoms with Crippen LogP contribution in [0, 0.1) is 6.92 Å². The van der Waals surface area contributed by atoms with Gasteiger partial charge in [0.05, 0.1) is 23.9 Å². The van der Waals surface area contributed by atoms with Crippen LogP contribution in [0.4, 0.5) is 5.69 Å². The van der Waals surface area contributed by atoms with Crippen LogP contribution in [0.15, 0.2) is 71.5 Å². The van der Waals surface area contributed by atoms with Crippen molar-refractivity contribution in [2.24, 2.45) is 0 Å². The van der Waals surface area contributed by atoms with Gasteiger partial charge >= 0.3 is 5.97 Å². The molecule has 1 N–H and O–H groups in total. The second-order valence-electron chi connectivity index (χ2n) is 7.86. The van der Waals surface area contributed by atoms with Crippen molar-refractivity contribution in [2.45, 2.75) is 13.5 Å². The number of aryl methyl sites for hydroxylation is 1. The molecule has 0 aliphatic heterocycles. The smallest absolute Gasteiger partial charge is 0.337 e. The van der Waals surface area contributed by atoms with Crippen LogP contribution in [0.3, 0.4) is 0 Å². The van der Waals surface area contributed by atoms with Crippen LogP contribution in [0.5, 0.6) is 0 Å². The first kappa shape index (κ1) is 22.4. The van der Waals surface area contributed by atoms with Crippen molar-refractivity contribution in [1.82, 2.24) is 14.5 Å². The first-order chi connectivity index (χ1) is 16.9. The van der Waals surface area contributed by atoms with Gasteiger partial charge in [0.25, 0.3) is 5.56 Å². The van der Waals surface area contributed by atoms with Crippen molar-refractivity contribution >= 4 is 49.3 Å². The van der Waals surface area contributed by atoms with Crippen LogP contribution in [0.1, 0.15) is 16.2 Å². The third-order valence-electron chi connectivity index (χ3n) is 5.59. The molecule has 5 aromatic rings. The zero-order valence-electron chi connectivity index (χ0n) is 18.9. The standard InChI is InChI=1S/C26H20N4O4S/c1-15-27-22-19-12-13-20(16-6-4-3-5-7-16)29-24(19)35-23(22)25(32)30(15)14-21(31)28-18-10-8-17(9-11-18)26(33)34-2/h3-13H,14H2,1-2H3,(H,28,31). The monoisotopic (exact) mass is 484 g/mol. The van der Waals surface area contributed by atoms with Gasteiger partial charge in [-0.2, -0.15) is 0 Å². The Hall–Kier alpha value is -4.37. The fourth-order valence-corrected chi connectivity index (χ4v) is 4.88. The van der Waals surface area contributed by atoms with Gasteiger partial charge in [-0.25, -0.2) is 14.8 Å². The van der Waals surface area contributed by atoms with Gasteiger partial charge in [-0.05, 0) is 43.3 Å². The molecule has 2 aromatic carbocycles. The van der Waals surface area contributed by atoms with E-state index in [-0.39, 0.29) is 18.0 Å². The number of methoxy groups -OCH3 is 1. The van der Waals surface area contributed by atoms with Crippen molar-refractivity contribution in [1.29, 1.82) is 0 Å². The Balaban J connectivity index is 1.44. The number of carbonyl (C=O) groups is 2. The van der Waals surface area contributed by atoms with Crippen LogP contribution >= 0.6 is 11.3 Å². The molecule has 0 saturated heterocycles. The molecule has 0 aliphatic carbocycles. The Morgan fingerprint density at radius 1 is 1.00 bits per heavy atom. The number of nitrogens with one attached hydrogen (secondary N) is 1. The molecule has 0 fully saturated rings. The predicted molar refractivity (Wildman–Crippen MR) is 136 cm³/mol. The van der Waals surface area contributed by atoms with Crippen molar-refractivity contribution in [3.8, 4) is 11.3 Å². The number of nitrogens with zero attached hydrogens (tertiary/aromatic N) is 3. The average Bonchev–Trinajstić information content (AvgIpc) is 3.25. The molecule has 9 heteroatoms. The van der Waals surface area contributed by atoms with Crippen molar-refractivity contribution in [3.63, 3.8) is 0 Å². The summed E-state index contributed by atoms with van der Waals surface area (Å²) in [5.74, 6) is -0.406. The Labute approximate surface area is 203 Å². The van der Waals surface area contributed by atoms with E-state index in [4.69, 9.17) is 4.98 Å². The number of ether oxygens (including phenoxy) is 1. The second-order valence-corrected chi connectivity index (χ2v) is 8.86. The number of hydrogen-bond donors (Lipinski definition) is 1. The molecule has 5 rings (SSSR count). The number of anilines is 1. The number of pyridine rings is 1. The number of esters is 1. The van der Waals surface area contributed by atoms with Crippen molar-refractivity contribution in [3.05, 3.63) is 88.5 Å². The lowest BCUT2D eigenvalue weighted by Gasteiger charge is -2.10. The van der Waals surface area contributed by atoms with E-state index in [2.05, 4.69) is 15.0 Å². The zero-order valence-corrected chi connectivity index (χ0v) is 19.8. The minimum absolute atomic E-state index is 0.191. The van der Waals surface area contributed by atoms with Crippen molar-refractivity contribution < 1.29 is 14.3 Å². The maximum Gasteiger partial charge on any atom is 0.337 e. The summed E-state index contributed by atoms with van der Waals surface area (Å²) in [5, 5.41) is 3.55. The van der Waals surface area contributed by atoms with E-state index in [9.17, 15) is 14.4 Å². The highest BCUT2D eigenvalue weighted by Crippen LogP contribution is 2.31. The highest BCUT2D eigenvalue weighted by atomic mass is 32.1. The molecule has 35 heavy (non-hydrogen) atoms. The fraction of sp³-hybridized carbons (Fsp3) is 0.115. The third-order valence-corrected chi connectivity index (χ3v) is 6.67. The van der Waals surface area contributed by atoms with E-state index in [1.165, 1.54) is 23.0 Å². The Morgan fingerprint density at radius 2 is 1.74 bits per heavy atom. The molecule has 1 amide bonds. The topological polar surface area (TPSA) is 103 Å². The highest BCUT2D eigenvalue weighted by molar-refractivity contribution is 7.25. The molecular weight excluding hydrogens is 464 g/mol. The number of amides is 1.